The van der Waals surface area contributed by atoms with Gasteiger partial charge in [-0.05, 0) is 31.4 Å². The number of pyridine rings is 1. The molecule has 2 aliphatic rings. The highest BCUT2D eigenvalue weighted by Gasteiger charge is 2.28. The van der Waals surface area contributed by atoms with Crippen LogP contribution in [0.1, 0.15) is 64.2 Å². The molecular formula is C21H34N4O. The second kappa shape index (κ2) is 10.5. The standard InChI is InChI=1S/C21H34N4O/c26-23-19-11-7-5-3-1-2-4-6-8-12-20(19)24-15-17-25(18-16-24)21-13-9-10-14-22-21/h9-10,13-14,20,26H,1-8,11-12,15-18H2/b23-19-/t20-/m1/s1. The van der Waals surface area contributed by atoms with Crippen LogP contribution in [0.2, 0.25) is 0 Å². The van der Waals surface area contributed by atoms with E-state index in [9.17, 15) is 5.21 Å². The van der Waals surface area contributed by atoms with Gasteiger partial charge in [0.1, 0.15) is 5.82 Å². The Hall–Kier alpha value is -1.62. The molecule has 1 saturated heterocycles. The van der Waals surface area contributed by atoms with Crippen molar-refractivity contribution in [3.8, 4) is 0 Å². The zero-order valence-corrected chi connectivity index (χ0v) is 16.0. The molecule has 1 saturated carbocycles. The summed E-state index contributed by atoms with van der Waals surface area (Å²) in [5, 5.41) is 13.4. The van der Waals surface area contributed by atoms with Crippen molar-refractivity contribution < 1.29 is 5.21 Å². The number of aromatic nitrogens is 1. The molecule has 0 aromatic carbocycles. The van der Waals surface area contributed by atoms with E-state index in [0.29, 0.717) is 6.04 Å². The number of oxime groups is 1. The quantitative estimate of drug-likeness (QED) is 0.632. The van der Waals surface area contributed by atoms with Gasteiger partial charge in [-0.1, -0.05) is 56.2 Å². The maximum Gasteiger partial charge on any atom is 0.128 e. The van der Waals surface area contributed by atoms with E-state index in [2.05, 4.69) is 32.1 Å². The predicted octanol–water partition coefficient (Wildman–Crippen LogP) is 4.32. The second-order valence-electron chi connectivity index (χ2n) is 7.69. The summed E-state index contributed by atoms with van der Waals surface area (Å²) in [5.41, 5.74) is 1.01. The maximum absolute atomic E-state index is 9.67. The van der Waals surface area contributed by atoms with Gasteiger partial charge in [0.2, 0.25) is 0 Å². The minimum Gasteiger partial charge on any atom is -0.411 e. The lowest BCUT2D eigenvalue weighted by atomic mass is 9.95. The molecule has 2 heterocycles. The summed E-state index contributed by atoms with van der Waals surface area (Å²) in [5.74, 6) is 1.07. The van der Waals surface area contributed by atoms with Crippen molar-refractivity contribution in [1.82, 2.24) is 9.88 Å². The molecule has 1 aliphatic heterocycles. The first-order valence-corrected chi connectivity index (χ1v) is 10.5. The Bertz CT molecular complexity index is 540. The fourth-order valence-electron chi connectivity index (χ4n) is 4.35. The highest BCUT2D eigenvalue weighted by atomic mass is 16.4. The van der Waals surface area contributed by atoms with Gasteiger partial charge in [-0.15, -0.1) is 0 Å². The summed E-state index contributed by atoms with van der Waals surface area (Å²) >= 11 is 0. The van der Waals surface area contributed by atoms with Crippen LogP contribution in [0, 0.1) is 0 Å². The summed E-state index contributed by atoms with van der Waals surface area (Å²) in [7, 11) is 0. The van der Waals surface area contributed by atoms with E-state index in [-0.39, 0.29) is 0 Å². The molecule has 0 amide bonds. The van der Waals surface area contributed by atoms with Crippen LogP contribution in [0.25, 0.3) is 0 Å². The van der Waals surface area contributed by atoms with E-state index >= 15 is 0 Å². The molecule has 1 atom stereocenters. The molecule has 0 unspecified atom stereocenters. The van der Waals surface area contributed by atoms with Gasteiger partial charge >= 0.3 is 0 Å². The van der Waals surface area contributed by atoms with Crippen molar-refractivity contribution in [2.45, 2.75) is 70.3 Å². The summed E-state index contributed by atoms with van der Waals surface area (Å²) in [6.07, 6.45) is 14.3. The fraction of sp³-hybridized carbons (Fsp3) is 0.714. The maximum atomic E-state index is 9.67. The summed E-state index contributed by atoms with van der Waals surface area (Å²) in [6.45, 7) is 4.01. The van der Waals surface area contributed by atoms with Gasteiger partial charge in [0.25, 0.3) is 0 Å². The van der Waals surface area contributed by atoms with E-state index < -0.39 is 0 Å². The van der Waals surface area contributed by atoms with Crippen molar-refractivity contribution >= 4 is 11.5 Å². The molecule has 1 N–H and O–H groups in total. The number of piperazine rings is 1. The Morgan fingerprint density at radius 3 is 2.23 bits per heavy atom. The second-order valence-corrected chi connectivity index (χ2v) is 7.69. The summed E-state index contributed by atoms with van der Waals surface area (Å²) in [6, 6.07) is 6.42. The third-order valence-electron chi connectivity index (χ3n) is 5.90. The third kappa shape index (κ3) is 5.44. The number of anilines is 1. The lowest BCUT2D eigenvalue weighted by Crippen LogP contribution is -2.53. The van der Waals surface area contributed by atoms with Gasteiger partial charge in [0, 0.05) is 32.4 Å². The van der Waals surface area contributed by atoms with Gasteiger partial charge in [0.15, 0.2) is 0 Å². The summed E-state index contributed by atoms with van der Waals surface area (Å²) in [4.78, 5) is 9.39. The van der Waals surface area contributed by atoms with Crippen molar-refractivity contribution in [1.29, 1.82) is 0 Å². The topological polar surface area (TPSA) is 52.0 Å². The molecule has 2 fully saturated rings. The molecule has 144 valence electrons. The predicted molar refractivity (Wildman–Crippen MR) is 107 cm³/mol. The normalized spacial score (nSPS) is 26.2. The molecule has 3 rings (SSSR count). The molecular weight excluding hydrogens is 324 g/mol. The lowest BCUT2D eigenvalue weighted by Gasteiger charge is -2.40. The Balaban J connectivity index is 1.60. The van der Waals surface area contributed by atoms with Gasteiger partial charge in [0.05, 0.1) is 11.8 Å². The highest BCUT2D eigenvalue weighted by molar-refractivity contribution is 5.89. The van der Waals surface area contributed by atoms with Crippen LogP contribution < -0.4 is 4.90 Å². The smallest absolute Gasteiger partial charge is 0.128 e. The van der Waals surface area contributed by atoms with E-state index in [0.717, 1.165) is 57.0 Å². The molecule has 1 aromatic rings. The first kappa shape index (κ1) is 19.2. The number of rotatable bonds is 2. The summed E-state index contributed by atoms with van der Waals surface area (Å²) < 4.78 is 0. The average molecular weight is 359 g/mol. The van der Waals surface area contributed by atoms with Gasteiger partial charge in [-0.2, -0.15) is 0 Å². The largest absolute Gasteiger partial charge is 0.411 e. The van der Waals surface area contributed by atoms with Crippen molar-refractivity contribution in [2.75, 3.05) is 31.1 Å². The van der Waals surface area contributed by atoms with E-state index in [1.54, 1.807) is 0 Å². The van der Waals surface area contributed by atoms with Crippen LogP contribution in [0.15, 0.2) is 29.6 Å². The van der Waals surface area contributed by atoms with Crippen molar-refractivity contribution in [3.63, 3.8) is 0 Å². The third-order valence-corrected chi connectivity index (χ3v) is 5.90. The number of nitrogens with zero attached hydrogens (tertiary/aromatic N) is 4. The van der Waals surface area contributed by atoms with Crippen LogP contribution in [-0.4, -0.2) is 53.0 Å². The highest BCUT2D eigenvalue weighted by Crippen LogP contribution is 2.21. The van der Waals surface area contributed by atoms with E-state index in [1.165, 1.54) is 44.9 Å². The van der Waals surface area contributed by atoms with Gasteiger partial charge in [-0.25, -0.2) is 4.98 Å². The minimum absolute atomic E-state index is 0.310. The lowest BCUT2D eigenvalue weighted by molar-refractivity contribution is 0.207. The molecule has 0 bridgehead atoms. The Morgan fingerprint density at radius 1 is 0.885 bits per heavy atom. The molecule has 0 spiro atoms. The Morgan fingerprint density at radius 2 is 1.58 bits per heavy atom. The van der Waals surface area contributed by atoms with Crippen LogP contribution in [-0.2, 0) is 0 Å². The molecule has 1 aliphatic carbocycles. The van der Waals surface area contributed by atoms with Crippen LogP contribution in [0.4, 0.5) is 5.82 Å². The molecule has 1 aromatic heterocycles. The van der Waals surface area contributed by atoms with E-state index in [4.69, 9.17) is 0 Å². The number of hydrogen-bond donors (Lipinski definition) is 1. The zero-order chi connectivity index (χ0) is 18.0. The van der Waals surface area contributed by atoms with Gasteiger partial charge < -0.3 is 10.1 Å². The molecule has 26 heavy (non-hydrogen) atoms. The molecule has 0 radical (unpaired) electrons. The van der Waals surface area contributed by atoms with Crippen LogP contribution in [0.5, 0.6) is 0 Å². The van der Waals surface area contributed by atoms with Crippen LogP contribution in [0.3, 0.4) is 0 Å². The monoisotopic (exact) mass is 358 g/mol. The SMILES string of the molecule is O/N=C1/CCCCCCCCCC[C@H]1N1CCN(c2ccccn2)CC1. The minimum atomic E-state index is 0.310. The zero-order valence-electron chi connectivity index (χ0n) is 16.0. The first-order valence-electron chi connectivity index (χ1n) is 10.5. The van der Waals surface area contributed by atoms with E-state index in [1.807, 2.05) is 12.3 Å². The molecule has 5 heteroatoms. The van der Waals surface area contributed by atoms with Crippen LogP contribution >= 0.6 is 0 Å². The van der Waals surface area contributed by atoms with Crippen molar-refractivity contribution in [3.05, 3.63) is 24.4 Å². The number of hydrogen-bond acceptors (Lipinski definition) is 5. The average Bonchev–Trinajstić information content (AvgIpc) is 2.69. The Labute approximate surface area is 158 Å². The first-order chi connectivity index (χ1) is 12.9. The molecule has 5 nitrogen and oxygen atoms in total. The van der Waals surface area contributed by atoms with Gasteiger partial charge in [-0.3, -0.25) is 4.90 Å². The fourth-order valence-corrected chi connectivity index (χ4v) is 4.35. The Kier molecular flexibility index (Phi) is 7.74. The van der Waals surface area contributed by atoms with Crippen molar-refractivity contribution in [2.24, 2.45) is 5.16 Å².